The van der Waals surface area contributed by atoms with E-state index in [0.717, 1.165) is 11.3 Å². The van der Waals surface area contributed by atoms with Crippen LogP contribution in [0, 0.1) is 11.8 Å². The van der Waals surface area contributed by atoms with Crippen molar-refractivity contribution in [1.82, 2.24) is 14.8 Å². The van der Waals surface area contributed by atoms with Gasteiger partial charge in [-0.25, -0.2) is 0 Å². The van der Waals surface area contributed by atoms with Crippen molar-refractivity contribution in [2.45, 2.75) is 0 Å². The van der Waals surface area contributed by atoms with Crippen LogP contribution in [0.5, 0.6) is 0 Å². The van der Waals surface area contributed by atoms with Crippen molar-refractivity contribution < 1.29 is 4.79 Å². The topological polar surface area (TPSA) is 47.8 Å². The molecule has 1 aromatic heterocycles. The molecule has 0 bridgehead atoms. The number of carbonyl (C=O) groups is 1. The average molecular weight is 197 g/mol. The van der Waals surface area contributed by atoms with Gasteiger partial charge in [-0.05, 0) is 30.2 Å². The van der Waals surface area contributed by atoms with Gasteiger partial charge in [-0.2, -0.15) is 0 Å². The third kappa shape index (κ3) is 2.09. The quantitative estimate of drug-likeness (QED) is 0.502. The Morgan fingerprint density at radius 1 is 1.13 bits per heavy atom. The van der Waals surface area contributed by atoms with Crippen molar-refractivity contribution in [2.24, 2.45) is 0 Å². The fourth-order valence-corrected chi connectivity index (χ4v) is 1.16. The molecule has 0 aliphatic heterocycles. The molecule has 0 aliphatic carbocycles. The minimum atomic E-state index is 0.577. The summed E-state index contributed by atoms with van der Waals surface area (Å²) in [6, 6.07) is 7.45. The van der Waals surface area contributed by atoms with E-state index in [9.17, 15) is 4.79 Å². The van der Waals surface area contributed by atoms with Crippen molar-refractivity contribution in [3.05, 3.63) is 42.5 Å². The van der Waals surface area contributed by atoms with Crippen LogP contribution in [-0.2, 0) is 4.79 Å². The van der Waals surface area contributed by atoms with Gasteiger partial charge in [-0.15, -0.1) is 10.2 Å². The van der Waals surface area contributed by atoms with Gasteiger partial charge in [0.1, 0.15) is 12.7 Å². The first-order valence-electron chi connectivity index (χ1n) is 4.30. The Bertz CT molecular complexity index is 503. The second kappa shape index (κ2) is 4.20. The molecule has 0 N–H and O–H groups in total. The number of rotatable bonds is 1. The van der Waals surface area contributed by atoms with Gasteiger partial charge in [0.25, 0.3) is 0 Å². The molecule has 0 fully saturated rings. The zero-order valence-electron chi connectivity index (χ0n) is 7.79. The molecule has 0 atom stereocenters. The molecule has 0 saturated heterocycles. The van der Waals surface area contributed by atoms with E-state index < -0.39 is 0 Å². The van der Waals surface area contributed by atoms with Crippen LogP contribution in [0.2, 0.25) is 0 Å². The zero-order chi connectivity index (χ0) is 10.5. The predicted octanol–water partition coefficient (Wildman–Crippen LogP) is 0.818. The highest BCUT2D eigenvalue weighted by Crippen LogP contribution is 2.07. The van der Waals surface area contributed by atoms with Gasteiger partial charge in [0.05, 0.1) is 0 Å². The van der Waals surface area contributed by atoms with Gasteiger partial charge in [0.2, 0.25) is 0 Å². The summed E-state index contributed by atoms with van der Waals surface area (Å²) >= 11 is 0. The third-order valence-corrected chi connectivity index (χ3v) is 1.86. The van der Waals surface area contributed by atoms with Crippen molar-refractivity contribution in [1.29, 1.82) is 0 Å². The van der Waals surface area contributed by atoms with Gasteiger partial charge in [-0.1, -0.05) is 5.92 Å². The van der Waals surface area contributed by atoms with E-state index in [1.807, 2.05) is 24.3 Å². The summed E-state index contributed by atoms with van der Waals surface area (Å²) in [6.07, 6.45) is 3.81. The number of aromatic nitrogens is 3. The van der Waals surface area contributed by atoms with Gasteiger partial charge in [0.15, 0.2) is 6.29 Å². The molecule has 15 heavy (non-hydrogen) atoms. The number of hydrogen-bond donors (Lipinski definition) is 0. The maximum atomic E-state index is 10.0. The average Bonchev–Trinajstić information content (AvgIpc) is 2.80. The minimum absolute atomic E-state index is 0.577. The standard InChI is InChI=1S/C11H7N3O/c15-7-1-2-10-3-5-11(6-4-10)14-8-12-13-9-14/h3-9H. The first-order valence-corrected chi connectivity index (χ1v) is 4.30. The molecule has 1 aromatic carbocycles. The molecule has 1 heterocycles. The van der Waals surface area contributed by atoms with E-state index in [-0.39, 0.29) is 0 Å². The van der Waals surface area contributed by atoms with Crippen LogP contribution in [0.3, 0.4) is 0 Å². The van der Waals surface area contributed by atoms with E-state index in [0.29, 0.717) is 6.29 Å². The molecule has 0 saturated carbocycles. The Labute approximate surface area is 86.6 Å². The monoisotopic (exact) mass is 197 g/mol. The number of nitrogens with zero attached hydrogens (tertiary/aromatic N) is 3. The summed E-state index contributed by atoms with van der Waals surface area (Å²) in [5.41, 5.74) is 1.76. The Balaban J connectivity index is 2.28. The summed E-state index contributed by atoms with van der Waals surface area (Å²) in [7, 11) is 0. The van der Waals surface area contributed by atoms with Crippen molar-refractivity contribution in [3.63, 3.8) is 0 Å². The Morgan fingerprint density at radius 2 is 1.80 bits per heavy atom. The molecule has 0 aliphatic rings. The Kier molecular flexibility index (Phi) is 2.56. The summed E-state index contributed by atoms with van der Waals surface area (Å²) in [5.74, 6) is 5.06. The molecule has 0 spiro atoms. The minimum Gasteiger partial charge on any atom is -0.289 e. The predicted molar refractivity (Wildman–Crippen MR) is 54.3 cm³/mol. The van der Waals surface area contributed by atoms with Crippen LogP contribution >= 0.6 is 0 Å². The fourth-order valence-electron chi connectivity index (χ4n) is 1.16. The molecule has 4 nitrogen and oxygen atoms in total. The Morgan fingerprint density at radius 3 is 2.40 bits per heavy atom. The van der Waals surface area contributed by atoms with Gasteiger partial charge in [0, 0.05) is 11.3 Å². The van der Waals surface area contributed by atoms with E-state index >= 15 is 0 Å². The Hall–Kier alpha value is -2.41. The third-order valence-electron chi connectivity index (χ3n) is 1.86. The van der Waals surface area contributed by atoms with E-state index in [2.05, 4.69) is 22.0 Å². The lowest BCUT2D eigenvalue weighted by Crippen LogP contribution is -1.89. The smallest absolute Gasteiger partial charge is 0.193 e. The highest BCUT2D eigenvalue weighted by atomic mass is 16.1. The zero-order valence-corrected chi connectivity index (χ0v) is 7.79. The first-order chi connectivity index (χ1) is 7.40. The molecule has 2 aromatic rings. The number of hydrogen-bond acceptors (Lipinski definition) is 3. The molecule has 0 unspecified atom stereocenters. The molecule has 0 amide bonds. The van der Waals surface area contributed by atoms with Crippen LogP contribution in [0.4, 0.5) is 0 Å². The van der Waals surface area contributed by atoms with Crippen molar-refractivity contribution in [3.8, 4) is 17.5 Å². The number of aldehydes is 1. The lowest BCUT2D eigenvalue weighted by atomic mass is 10.2. The van der Waals surface area contributed by atoms with Crippen molar-refractivity contribution in [2.75, 3.05) is 0 Å². The van der Waals surface area contributed by atoms with Gasteiger partial charge >= 0.3 is 0 Å². The maximum Gasteiger partial charge on any atom is 0.193 e. The van der Waals surface area contributed by atoms with Crippen LogP contribution in [0.1, 0.15) is 5.56 Å². The summed E-state index contributed by atoms with van der Waals surface area (Å²) in [4.78, 5) is 10.0. The number of carbonyl (C=O) groups excluding carboxylic acids is 1. The normalized spacial score (nSPS) is 9.07. The van der Waals surface area contributed by atoms with Crippen LogP contribution in [-0.4, -0.2) is 21.1 Å². The summed E-state index contributed by atoms with van der Waals surface area (Å²) in [6.45, 7) is 0. The lowest BCUT2D eigenvalue weighted by molar-refractivity contribution is -0.103. The number of benzene rings is 1. The molecule has 4 heteroatoms. The summed E-state index contributed by atoms with van der Waals surface area (Å²) < 4.78 is 1.79. The van der Waals surface area contributed by atoms with Crippen LogP contribution < -0.4 is 0 Å². The molecular weight excluding hydrogens is 190 g/mol. The molecular formula is C11H7N3O. The largest absolute Gasteiger partial charge is 0.289 e. The molecule has 2 rings (SSSR count). The second-order valence-electron chi connectivity index (χ2n) is 2.80. The molecule has 0 radical (unpaired) electrons. The highest BCUT2D eigenvalue weighted by molar-refractivity contribution is 5.74. The van der Waals surface area contributed by atoms with E-state index in [1.54, 1.807) is 17.2 Å². The SMILES string of the molecule is O=CC#Cc1ccc(-n2cnnc2)cc1. The van der Waals surface area contributed by atoms with Crippen molar-refractivity contribution >= 4 is 6.29 Å². The van der Waals surface area contributed by atoms with Gasteiger partial charge < -0.3 is 0 Å². The van der Waals surface area contributed by atoms with Gasteiger partial charge in [-0.3, -0.25) is 9.36 Å². The van der Waals surface area contributed by atoms with Crippen LogP contribution in [0.25, 0.3) is 5.69 Å². The lowest BCUT2D eigenvalue weighted by Gasteiger charge is -1.99. The van der Waals surface area contributed by atoms with E-state index in [4.69, 9.17) is 0 Å². The summed E-state index contributed by atoms with van der Waals surface area (Å²) in [5, 5.41) is 7.42. The maximum absolute atomic E-state index is 10.0. The molecule has 72 valence electrons. The fraction of sp³-hybridized carbons (Fsp3) is 0. The van der Waals surface area contributed by atoms with Crippen LogP contribution in [0.15, 0.2) is 36.9 Å². The second-order valence-corrected chi connectivity index (χ2v) is 2.80. The highest BCUT2D eigenvalue weighted by Gasteiger charge is 1.94. The first kappa shape index (κ1) is 9.16. The van der Waals surface area contributed by atoms with E-state index in [1.165, 1.54) is 0 Å².